The van der Waals surface area contributed by atoms with Gasteiger partial charge in [-0.3, -0.25) is 5.41 Å². The molecule has 5 aromatic rings. The van der Waals surface area contributed by atoms with E-state index in [4.69, 9.17) is 16.9 Å². The molecule has 0 spiro atoms. The number of hydrogen-bond acceptors (Lipinski definition) is 4. The van der Waals surface area contributed by atoms with Crippen LogP contribution in [0.5, 0.6) is 0 Å². The van der Waals surface area contributed by atoms with Gasteiger partial charge >= 0.3 is 0 Å². The number of rotatable bonds is 5. The van der Waals surface area contributed by atoms with Crippen LogP contribution in [0.1, 0.15) is 5.56 Å². The Labute approximate surface area is 190 Å². The predicted molar refractivity (Wildman–Crippen MR) is 137 cm³/mol. The Morgan fingerprint density at radius 3 is 2.41 bits per heavy atom. The maximum atomic E-state index is 7.89. The van der Waals surface area contributed by atoms with E-state index >= 15 is 0 Å². The number of para-hydroxylation sites is 2. The lowest BCUT2D eigenvalue weighted by atomic mass is 10.1. The van der Waals surface area contributed by atoms with Crippen LogP contribution in [0.25, 0.3) is 27.5 Å². The molecule has 32 heavy (non-hydrogen) atoms. The Morgan fingerprint density at radius 1 is 0.875 bits per heavy atom. The summed E-state index contributed by atoms with van der Waals surface area (Å²) in [4.78, 5) is 0.985. The Kier molecular flexibility index (Phi) is 4.99. The molecule has 0 amide bonds. The third-order valence-electron chi connectivity index (χ3n) is 5.58. The van der Waals surface area contributed by atoms with Gasteiger partial charge in [-0.25, -0.2) is 0 Å². The molecule has 0 bridgehead atoms. The molecule has 5 N–H and O–H groups in total. The molecule has 6 heteroatoms. The summed E-state index contributed by atoms with van der Waals surface area (Å²) in [5.74, 6) is 0.0468. The number of nitrogens with two attached hydrogens (primary N) is 2. The van der Waals surface area contributed by atoms with Gasteiger partial charge in [0.1, 0.15) is 5.84 Å². The third-order valence-corrected chi connectivity index (χ3v) is 6.68. The van der Waals surface area contributed by atoms with Gasteiger partial charge in [0, 0.05) is 40.4 Å². The van der Waals surface area contributed by atoms with E-state index in [1.54, 1.807) is 11.9 Å². The molecule has 5 nitrogen and oxygen atoms in total. The zero-order valence-electron chi connectivity index (χ0n) is 17.6. The second-order valence-corrected chi connectivity index (χ2v) is 8.76. The monoisotopic (exact) mass is 437 g/mol. The number of fused-ring (bicyclic) bond motifs is 3. The number of aromatic nitrogens is 1. The highest BCUT2D eigenvalue weighted by molar-refractivity contribution is 8.01. The van der Waals surface area contributed by atoms with Gasteiger partial charge in [-0.1, -0.05) is 54.6 Å². The Morgan fingerprint density at radius 2 is 1.62 bits per heavy atom. The second kappa shape index (κ2) is 7.98. The minimum absolute atomic E-state index is 0.0468. The van der Waals surface area contributed by atoms with E-state index in [1.165, 1.54) is 0 Å². The van der Waals surface area contributed by atoms with E-state index in [9.17, 15) is 0 Å². The first-order chi connectivity index (χ1) is 15.5. The first-order valence-electron chi connectivity index (χ1n) is 10.3. The summed E-state index contributed by atoms with van der Waals surface area (Å²) in [5.41, 5.74) is 17.9. The van der Waals surface area contributed by atoms with E-state index in [-0.39, 0.29) is 5.84 Å². The van der Waals surface area contributed by atoms with Crippen LogP contribution in [0.15, 0.2) is 95.9 Å². The normalized spacial score (nSPS) is 11.2. The lowest BCUT2D eigenvalue weighted by Crippen LogP contribution is -2.11. The molecular weight excluding hydrogens is 414 g/mol. The highest BCUT2D eigenvalue weighted by atomic mass is 32.2. The summed E-state index contributed by atoms with van der Waals surface area (Å²) >= 11 is 1.61. The number of anilines is 2. The Balaban J connectivity index is 1.80. The predicted octanol–water partition coefficient (Wildman–Crippen LogP) is 5.79. The van der Waals surface area contributed by atoms with Crippen molar-refractivity contribution >= 4 is 51.0 Å². The second-order valence-electron chi connectivity index (χ2n) is 7.62. The van der Waals surface area contributed by atoms with Gasteiger partial charge in [0.05, 0.1) is 15.9 Å². The SMILES string of the molecule is CN(Sc1c(N)ccc2c3ccccc3n(-c3cccc(C(=N)N)c3)c12)c1ccccc1. The van der Waals surface area contributed by atoms with Gasteiger partial charge in [0.15, 0.2) is 0 Å². The van der Waals surface area contributed by atoms with Crippen LogP contribution in [0, 0.1) is 5.41 Å². The highest BCUT2D eigenvalue weighted by Crippen LogP contribution is 2.42. The van der Waals surface area contributed by atoms with E-state index in [0.717, 1.165) is 43.8 Å². The molecule has 1 aromatic heterocycles. The summed E-state index contributed by atoms with van der Waals surface area (Å²) < 4.78 is 4.34. The van der Waals surface area contributed by atoms with E-state index in [1.807, 2.05) is 61.6 Å². The fourth-order valence-electron chi connectivity index (χ4n) is 4.05. The molecule has 0 atom stereocenters. The molecule has 0 aliphatic heterocycles. The Bertz CT molecular complexity index is 1460. The summed E-state index contributed by atoms with van der Waals surface area (Å²) in [7, 11) is 2.04. The minimum atomic E-state index is 0.0468. The van der Waals surface area contributed by atoms with Crippen molar-refractivity contribution in [2.45, 2.75) is 4.90 Å². The van der Waals surface area contributed by atoms with Gasteiger partial charge in [0.25, 0.3) is 0 Å². The summed E-state index contributed by atoms with van der Waals surface area (Å²) in [6.45, 7) is 0. The average molecular weight is 438 g/mol. The number of hydrogen-bond donors (Lipinski definition) is 3. The average Bonchev–Trinajstić information content (AvgIpc) is 3.16. The number of nitrogens with zero attached hydrogens (tertiary/aromatic N) is 2. The summed E-state index contributed by atoms with van der Waals surface area (Å²) in [6, 6.07) is 30.4. The van der Waals surface area contributed by atoms with E-state index in [0.29, 0.717) is 5.56 Å². The first kappa shape index (κ1) is 20.0. The minimum Gasteiger partial charge on any atom is -0.398 e. The molecular formula is C26H23N5S. The van der Waals surface area contributed by atoms with Gasteiger partial charge in [-0.2, -0.15) is 0 Å². The molecule has 0 unspecified atom stereocenters. The number of benzene rings is 4. The smallest absolute Gasteiger partial charge is 0.122 e. The largest absolute Gasteiger partial charge is 0.398 e. The number of amidine groups is 1. The highest BCUT2D eigenvalue weighted by Gasteiger charge is 2.19. The molecule has 0 radical (unpaired) electrons. The van der Waals surface area contributed by atoms with Crippen LogP contribution in [0.3, 0.4) is 0 Å². The molecule has 0 aliphatic carbocycles. The maximum absolute atomic E-state index is 7.89. The quantitative estimate of drug-likeness (QED) is 0.141. The fraction of sp³-hybridized carbons (Fsp3) is 0.0385. The summed E-state index contributed by atoms with van der Waals surface area (Å²) in [5, 5.41) is 10.2. The van der Waals surface area contributed by atoms with Crippen LogP contribution in [0.4, 0.5) is 11.4 Å². The van der Waals surface area contributed by atoms with Crippen molar-refractivity contribution in [1.29, 1.82) is 5.41 Å². The standard InChI is InChI=1S/C26H23N5S/c1-30(18-9-3-2-4-10-18)32-25-22(27)15-14-21-20-12-5-6-13-23(20)31(24(21)25)19-11-7-8-17(16-19)26(28)29/h2-16H,27H2,1H3,(H3,28,29). The van der Waals surface area contributed by atoms with Gasteiger partial charge in [-0.15, -0.1) is 0 Å². The van der Waals surface area contributed by atoms with E-state index < -0.39 is 0 Å². The molecule has 1 heterocycles. The maximum Gasteiger partial charge on any atom is 0.122 e. The molecule has 0 aliphatic rings. The van der Waals surface area contributed by atoms with Crippen molar-refractivity contribution in [3.05, 3.63) is 96.6 Å². The van der Waals surface area contributed by atoms with Gasteiger partial charge in [0.2, 0.25) is 0 Å². The van der Waals surface area contributed by atoms with Crippen molar-refractivity contribution in [1.82, 2.24) is 4.57 Å². The van der Waals surface area contributed by atoms with Crippen molar-refractivity contribution < 1.29 is 0 Å². The van der Waals surface area contributed by atoms with Gasteiger partial charge in [-0.05, 0) is 48.3 Å². The van der Waals surface area contributed by atoms with Crippen molar-refractivity contribution in [3.63, 3.8) is 0 Å². The molecule has 4 aromatic carbocycles. The van der Waals surface area contributed by atoms with Crippen molar-refractivity contribution in [2.75, 3.05) is 17.1 Å². The molecule has 0 saturated carbocycles. The molecule has 0 saturated heterocycles. The van der Waals surface area contributed by atoms with Crippen molar-refractivity contribution in [3.8, 4) is 5.69 Å². The van der Waals surface area contributed by atoms with Gasteiger partial charge < -0.3 is 20.3 Å². The lowest BCUT2D eigenvalue weighted by molar-refractivity contribution is 1.15. The lowest BCUT2D eigenvalue weighted by Gasteiger charge is -2.20. The first-order valence-corrected chi connectivity index (χ1v) is 11.0. The van der Waals surface area contributed by atoms with Crippen LogP contribution in [0.2, 0.25) is 0 Å². The molecule has 5 rings (SSSR count). The third kappa shape index (κ3) is 3.35. The summed E-state index contributed by atoms with van der Waals surface area (Å²) in [6.07, 6.45) is 0. The van der Waals surface area contributed by atoms with Crippen molar-refractivity contribution in [2.24, 2.45) is 5.73 Å². The fourth-order valence-corrected chi connectivity index (χ4v) is 5.01. The molecule has 0 fully saturated rings. The van der Waals surface area contributed by atoms with Crippen LogP contribution >= 0.6 is 11.9 Å². The van der Waals surface area contributed by atoms with Crippen LogP contribution in [-0.4, -0.2) is 17.5 Å². The zero-order chi connectivity index (χ0) is 22.2. The number of nitrogens with one attached hydrogen (secondary N) is 1. The topological polar surface area (TPSA) is 84.1 Å². The molecule has 158 valence electrons. The Hall–Kier alpha value is -3.90. The van der Waals surface area contributed by atoms with Crippen LogP contribution < -0.4 is 15.8 Å². The zero-order valence-corrected chi connectivity index (χ0v) is 18.4. The number of nitrogen functional groups attached to an aromatic ring is 2. The van der Waals surface area contributed by atoms with E-state index in [2.05, 4.69) is 45.3 Å². The van der Waals surface area contributed by atoms with Crippen LogP contribution in [-0.2, 0) is 0 Å².